The number of para-hydroxylation sites is 1. The molecule has 0 spiro atoms. The Labute approximate surface area is 121 Å². The van der Waals surface area contributed by atoms with E-state index in [-0.39, 0.29) is 11.9 Å². The Morgan fingerprint density at radius 3 is 2.76 bits per heavy atom. The van der Waals surface area contributed by atoms with E-state index in [9.17, 15) is 4.79 Å². The summed E-state index contributed by atoms with van der Waals surface area (Å²) in [6.45, 7) is 0. The summed E-state index contributed by atoms with van der Waals surface area (Å²) in [6.07, 6.45) is 3.27. The zero-order valence-corrected chi connectivity index (χ0v) is 11.6. The number of methoxy groups -OCH3 is 2. The van der Waals surface area contributed by atoms with E-state index >= 15 is 0 Å². The molecule has 0 aliphatic carbocycles. The molecule has 1 aliphatic heterocycles. The minimum Gasteiger partial charge on any atom is -0.480 e. The molecule has 2 heterocycles. The molecule has 2 aromatic rings. The molecule has 6 nitrogen and oxygen atoms in total. The lowest BCUT2D eigenvalue weighted by Gasteiger charge is -2.05. The third kappa shape index (κ3) is 2.31. The van der Waals surface area contributed by atoms with Crippen LogP contribution in [0.4, 0.5) is 5.69 Å². The van der Waals surface area contributed by atoms with Gasteiger partial charge in [-0.2, -0.15) is 4.98 Å². The fourth-order valence-electron chi connectivity index (χ4n) is 2.16. The Morgan fingerprint density at radius 1 is 1.19 bits per heavy atom. The average Bonchev–Trinajstić information content (AvgIpc) is 2.83. The highest BCUT2D eigenvalue weighted by atomic mass is 16.5. The number of amides is 1. The van der Waals surface area contributed by atoms with E-state index in [0.29, 0.717) is 17.0 Å². The molecule has 0 saturated heterocycles. The first kappa shape index (κ1) is 13.1. The molecule has 1 N–H and O–H groups in total. The van der Waals surface area contributed by atoms with E-state index < -0.39 is 0 Å². The van der Waals surface area contributed by atoms with Crippen LogP contribution in [-0.2, 0) is 4.79 Å². The number of hydrogen-bond donors (Lipinski definition) is 1. The van der Waals surface area contributed by atoms with Gasteiger partial charge in [-0.05, 0) is 12.1 Å². The maximum absolute atomic E-state index is 12.1. The first-order chi connectivity index (χ1) is 10.2. The fraction of sp³-hybridized carbons (Fsp3) is 0.133. The number of nitrogens with zero attached hydrogens (tertiary/aromatic N) is 2. The zero-order chi connectivity index (χ0) is 14.8. The third-order valence-electron chi connectivity index (χ3n) is 3.14. The van der Waals surface area contributed by atoms with Crippen molar-refractivity contribution in [2.24, 2.45) is 0 Å². The second kappa shape index (κ2) is 5.24. The van der Waals surface area contributed by atoms with E-state index in [1.807, 2.05) is 24.3 Å². The van der Waals surface area contributed by atoms with Gasteiger partial charge in [-0.15, -0.1) is 0 Å². The van der Waals surface area contributed by atoms with Crippen LogP contribution in [0.2, 0.25) is 0 Å². The second-order valence-corrected chi connectivity index (χ2v) is 4.38. The van der Waals surface area contributed by atoms with Crippen molar-refractivity contribution in [3.63, 3.8) is 0 Å². The van der Waals surface area contributed by atoms with E-state index in [2.05, 4.69) is 15.3 Å². The molecule has 0 atom stereocenters. The summed E-state index contributed by atoms with van der Waals surface area (Å²) < 4.78 is 10.2. The number of nitrogens with one attached hydrogen (secondary N) is 1. The van der Waals surface area contributed by atoms with Gasteiger partial charge in [-0.3, -0.25) is 4.79 Å². The van der Waals surface area contributed by atoms with Crippen molar-refractivity contribution in [3.8, 4) is 11.9 Å². The van der Waals surface area contributed by atoms with Crippen LogP contribution in [0.25, 0.3) is 11.6 Å². The van der Waals surface area contributed by atoms with Gasteiger partial charge >= 0.3 is 6.01 Å². The van der Waals surface area contributed by atoms with E-state index in [1.54, 1.807) is 12.3 Å². The van der Waals surface area contributed by atoms with E-state index in [1.165, 1.54) is 14.2 Å². The largest absolute Gasteiger partial charge is 0.480 e. The number of carbonyl (C=O) groups excluding carboxylic acids is 1. The predicted molar refractivity (Wildman–Crippen MR) is 78.1 cm³/mol. The molecule has 0 bridgehead atoms. The Hall–Kier alpha value is -2.89. The molecule has 106 valence electrons. The van der Waals surface area contributed by atoms with Crippen molar-refractivity contribution in [2.75, 3.05) is 19.5 Å². The molecule has 0 unspecified atom stereocenters. The molecule has 0 radical (unpaired) electrons. The SMILES string of the molecule is COc1ncc(/C=C2/C(=O)Nc3ccccc32)c(OC)n1. The molecular formula is C15H13N3O3. The smallest absolute Gasteiger partial charge is 0.319 e. The molecule has 1 aliphatic rings. The van der Waals surface area contributed by atoms with E-state index in [0.717, 1.165) is 11.3 Å². The van der Waals surface area contributed by atoms with Crippen molar-refractivity contribution in [2.45, 2.75) is 0 Å². The van der Waals surface area contributed by atoms with E-state index in [4.69, 9.17) is 9.47 Å². The maximum atomic E-state index is 12.1. The number of anilines is 1. The minimum absolute atomic E-state index is 0.158. The number of hydrogen-bond acceptors (Lipinski definition) is 5. The molecule has 0 fully saturated rings. The summed E-state index contributed by atoms with van der Waals surface area (Å²) in [6, 6.07) is 7.71. The van der Waals surface area contributed by atoms with Crippen molar-refractivity contribution in [1.82, 2.24) is 9.97 Å². The lowest BCUT2D eigenvalue weighted by Crippen LogP contribution is -2.04. The average molecular weight is 283 g/mol. The molecular weight excluding hydrogens is 270 g/mol. The van der Waals surface area contributed by atoms with Crippen LogP contribution in [0.15, 0.2) is 30.5 Å². The third-order valence-corrected chi connectivity index (χ3v) is 3.14. The monoisotopic (exact) mass is 283 g/mol. The first-order valence-electron chi connectivity index (χ1n) is 6.30. The van der Waals surface area contributed by atoms with Crippen LogP contribution >= 0.6 is 0 Å². The molecule has 1 amide bonds. The van der Waals surface area contributed by atoms with Crippen molar-refractivity contribution in [3.05, 3.63) is 41.6 Å². The number of carbonyl (C=O) groups is 1. The molecule has 21 heavy (non-hydrogen) atoms. The van der Waals surface area contributed by atoms with Crippen LogP contribution in [0, 0.1) is 0 Å². The van der Waals surface area contributed by atoms with Gasteiger partial charge in [0, 0.05) is 23.0 Å². The maximum Gasteiger partial charge on any atom is 0.319 e. The standard InChI is InChI=1S/C15H13N3O3/c1-20-14-9(8-16-15(18-14)21-2)7-11-10-5-3-4-6-12(10)17-13(11)19/h3-8H,1-2H3,(H,17,19)/b11-7+. The number of aromatic nitrogens is 2. The molecule has 0 saturated carbocycles. The number of fused-ring (bicyclic) bond motifs is 1. The lowest BCUT2D eigenvalue weighted by molar-refractivity contribution is -0.110. The van der Waals surface area contributed by atoms with Crippen LogP contribution in [0.1, 0.15) is 11.1 Å². The van der Waals surface area contributed by atoms with Gasteiger partial charge in [0.2, 0.25) is 5.88 Å². The Morgan fingerprint density at radius 2 is 2.00 bits per heavy atom. The van der Waals surface area contributed by atoms with Crippen LogP contribution < -0.4 is 14.8 Å². The van der Waals surface area contributed by atoms with Gasteiger partial charge < -0.3 is 14.8 Å². The fourth-order valence-corrected chi connectivity index (χ4v) is 2.16. The Kier molecular flexibility index (Phi) is 3.27. The van der Waals surface area contributed by atoms with Crippen LogP contribution in [-0.4, -0.2) is 30.1 Å². The summed E-state index contributed by atoms with van der Waals surface area (Å²) in [5.41, 5.74) is 2.81. The minimum atomic E-state index is -0.158. The van der Waals surface area contributed by atoms with Gasteiger partial charge in [0.05, 0.1) is 19.8 Å². The summed E-state index contributed by atoms with van der Waals surface area (Å²) in [7, 11) is 2.99. The van der Waals surface area contributed by atoms with Gasteiger partial charge in [0.1, 0.15) is 0 Å². The summed E-state index contributed by atoms with van der Waals surface area (Å²) >= 11 is 0. The Balaban J connectivity index is 2.08. The lowest BCUT2D eigenvalue weighted by atomic mass is 10.1. The topological polar surface area (TPSA) is 73.3 Å². The number of benzene rings is 1. The second-order valence-electron chi connectivity index (χ2n) is 4.38. The highest BCUT2D eigenvalue weighted by Gasteiger charge is 2.24. The molecule has 1 aromatic heterocycles. The summed E-state index contributed by atoms with van der Waals surface area (Å²) in [5, 5.41) is 2.81. The van der Waals surface area contributed by atoms with Crippen molar-refractivity contribution < 1.29 is 14.3 Å². The zero-order valence-electron chi connectivity index (χ0n) is 11.6. The van der Waals surface area contributed by atoms with Crippen LogP contribution in [0.3, 0.4) is 0 Å². The molecule has 1 aromatic carbocycles. The summed E-state index contributed by atoms with van der Waals surface area (Å²) in [4.78, 5) is 20.2. The first-order valence-corrected chi connectivity index (χ1v) is 6.30. The highest BCUT2D eigenvalue weighted by molar-refractivity contribution is 6.34. The molecule has 6 heteroatoms. The highest BCUT2D eigenvalue weighted by Crippen LogP contribution is 2.33. The van der Waals surface area contributed by atoms with Gasteiger partial charge in [0.25, 0.3) is 5.91 Å². The Bertz CT molecular complexity index is 741. The van der Waals surface area contributed by atoms with Crippen molar-refractivity contribution >= 4 is 23.2 Å². The van der Waals surface area contributed by atoms with Crippen molar-refractivity contribution in [1.29, 1.82) is 0 Å². The normalized spacial score (nSPS) is 14.8. The predicted octanol–water partition coefficient (Wildman–Crippen LogP) is 1.99. The number of ether oxygens (including phenoxy) is 2. The van der Waals surface area contributed by atoms with Crippen LogP contribution in [0.5, 0.6) is 11.9 Å². The van der Waals surface area contributed by atoms with Gasteiger partial charge in [0.15, 0.2) is 0 Å². The van der Waals surface area contributed by atoms with Gasteiger partial charge in [-0.25, -0.2) is 4.98 Å². The molecule has 3 rings (SSSR count). The quantitative estimate of drug-likeness (QED) is 0.872. The summed E-state index contributed by atoms with van der Waals surface area (Å²) in [5.74, 6) is 0.195. The number of rotatable bonds is 3. The van der Waals surface area contributed by atoms with Gasteiger partial charge in [-0.1, -0.05) is 18.2 Å².